The van der Waals surface area contributed by atoms with Crippen LogP contribution >= 0.6 is 0 Å². The van der Waals surface area contributed by atoms with E-state index in [0.717, 1.165) is 0 Å². The van der Waals surface area contributed by atoms with Gasteiger partial charge in [0, 0.05) is 23.9 Å². The second-order valence-corrected chi connectivity index (χ2v) is 6.35. The van der Waals surface area contributed by atoms with E-state index in [9.17, 15) is 19.2 Å². The molecule has 0 saturated heterocycles. The number of ketones is 2. The van der Waals surface area contributed by atoms with Crippen molar-refractivity contribution in [3.8, 4) is 0 Å². The predicted molar refractivity (Wildman–Crippen MR) is 100 cm³/mol. The molecule has 0 unspecified atom stereocenters. The first-order valence-corrected chi connectivity index (χ1v) is 8.44. The topological polar surface area (TPSA) is 105 Å². The van der Waals surface area contributed by atoms with Crippen LogP contribution in [0.1, 0.15) is 63.2 Å². The molecule has 0 aliphatic heterocycles. The van der Waals surface area contributed by atoms with Crippen molar-refractivity contribution in [2.45, 2.75) is 40.7 Å². The number of benzene rings is 1. The molecule has 0 radical (unpaired) electrons. The third-order valence-electron chi connectivity index (χ3n) is 4.13. The van der Waals surface area contributed by atoms with Gasteiger partial charge in [-0.1, -0.05) is 0 Å². The lowest BCUT2D eigenvalue weighted by Crippen LogP contribution is -2.25. The number of nitrogens with one attached hydrogen (secondary N) is 2. The summed E-state index contributed by atoms with van der Waals surface area (Å²) in [7, 11) is 0. The lowest BCUT2D eigenvalue weighted by Gasteiger charge is -2.12. The highest BCUT2D eigenvalue weighted by atomic mass is 16.5. The van der Waals surface area contributed by atoms with Crippen molar-refractivity contribution in [2.24, 2.45) is 0 Å². The number of aryl methyl sites for hydroxylation is 1. The molecule has 0 bridgehead atoms. The fraction of sp³-hybridized carbons (Fsp3) is 0.300. The van der Waals surface area contributed by atoms with Gasteiger partial charge < -0.3 is 15.0 Å². The molecule has 2 N–H and O–H groups in total. The first kappa shape index (κ1) is 20.1. The summed E-state index contributed by atoms with van der Waals surface area (Å²) in [6.45, 7) is 7.70. The van der Waals surface area contributed by atoms with Gasteiger partial charge in [0.2, 0.25) is 11.7 Å². The van der Waals surface area contributed by atoms with Crippen molar-refractivity contribution in [2.75, 3.05) is 5.32 Å². The summed E-state index contributed by atoms with van der Waals surface area (Å²) in [5.41, 5.74) is 2.71. The molecule has 2 rings (SSSR count). The van der Waals surface area contributed by atoms with Crippen molar-refractivity contribution >= 4 is 29.1 Å². The third-order valence-corrected chi connectivity index (χ3v) is 4.13. The van der Waals surface area contributed by atoms with E-state index < -0.39 is 17.9 Å². The number of carbonyl (C=O) groups is 4. The Morgan fingerprint density at radius 1 is 1.04 bits per heavy atom. The molecule has 142 valence electrons. The highest BCUT2D eigenvalue weighted by molar-refractivity contribution is 6.05. The second kappa shape index (κ2) is 7.99. The Morgan fingerprint density at radius 3 is 2.11 bits per heavy atom. The van der Waals surface area contributed by atoms with Crippen LogP contribution in [0.15, 0.2) is 24.3 Å². The number of carbonyl (C=O) groups excluding carboxylic acids is 4. The van der Waals surface area contributed by atoms with E-state index in [0.29, 0.717) is 22.5 Å². The number of amides is 1. The molecule has 2 aromatic rings. The average Bonchev–Trinajstić information content (AvgIpc) is 2.88. The van der Waals surface area contributed by atoms with Gasteiger partial charge in [0.1, 0.15) is 0 Å². The molecule has 0 aliphatic carbocycles. The van der Waals surface area contributed by atoms with Gasteiger partial charge in [-0.05, 0) is 57.5 Å². The number of ether oxygens (including phenoxy) is 1. The normalized spacial score (nSPS) is 11.6. The smallest absolute Gasteiger partial charge is 0.338 e. The Hall–Kier alpha value is -3.22. The van der Waals surface area contributed by atoms with Gasteiger partial charge in [-0.2, -0.15) is 0 Å². The zero-order valence-electron chi connectivity index (χ0n) is 15.9. The Bertz CT molecular complexity index is 909. The lowest BCUT2D eigenvalue weighted by atomic mass is 10.0. The van der Waals surface area contributed by atoms with Crippen molar-refractivity contribution in [3.05, 3.63) is 52.3 Å². The number of esters is 1. The van der Waals surface area contributed by atoms with Crippen LogP contribution in [-0.4, -0.2) is 34.5 Å². The van der Waals surface area contributed by atoms with Gasteiger partial charge in [0.15, 0.2) is 11.9 Å². The van der Waals surface area contributed by atoms with Gasteiger partial charge >= 0.3 is 5.97 Å². The first-order valence-electron chi connectivity index (χ1n) is 8.44. The number of anilines is 1. The molecule has 27 heavy (non-hydrogen) atoms. The van der Waals surface area contributed by atoms with Crippen LogP contribution in [0.3, 0.4) is 0 Å². The Labute approximate surface area is 157 Å². The van der Waals surface area contributed by atoms with Gasteiger partial charge in [0.25, 0.3) is 0 Å². The zero-order chi connectivity index (χ0) is 20.3. The quantitative estimate of drug-likeness (QED) is 0.600. The maximum absolute atomic E-state index is 12.6. The summed E-state index contributed by atoms with van der Waals surface area (Å²) in [4.78, 5) is 50.5. The summed E-state index contributed by atoms with van der Waals surface area (Å²) in [5.74, 6) is -1.42. The highest BCUT2D eigenvalue weighted by Crippen LogP contribution is 2.21. The van der Waals surface area contributed by atoms with E-state index in [-0.39, 0.29) is 22.9 Å². The summed E-state index contributed by atoms with van der Waals surface area (Å²) in [5, 5.41) is 2.60. The fourth-order valence-electron chi connectivity index (χ4n) is 2.90. The summed E-state index contributed by atoms with van der Waals surface area (Å²) < 4.78 is 5.26. The molecule has 1 atom stereocenters. The minimum absolute atomic E-state index is 0.135. The molecule has 1 heterocycles. The number of H-pyrrole nitrogens is 1. The van der Waals surface area contributed by atoms with Crippen LogP contribution in [-0.2, 0) is 9.53 Å². The number of rotatable bonds is 6. The highest BCUT2D eigenvalue weighted by Gasteiger charge is 2.26. The second-order valence-electron chi connectivity index (χ2n) is 6.35. The van der Waals surface area contributed by atoms with Crippen LogP contribution in [0.2, 0.25) is 0 Å². The van der Waals surface area contributed by atoms with Crippen LogP contribution in [0, 0.1) is 13.8 Å². The molecule has 0 fully saturated rings. The Kier molecular flexibility index (Phi) is 5.95. The first-order chi connectivity index (χ1) is 12.6. The van der Waals surface area contributed by atoms with E-state index >= 15 is 0 Å². The molecule has 0 saturated carbocycles. The van der Waals surface area contributed by atoms with Crippen LogP contribution in [0.25, 0.3) is 0 Å². The van der Waals surface area contributed by atoms with Crippen LogP contribution in [0.5, 0.6) is 0 Å². The van der Waals surface area contributed by atoms with E-state index in [1.165, 1.54) is 32.9 Å². The Balaban J connectivity index is 2.12. The fourth-order valence-corrected chi connectivity index (χ4v) is 2.90. The zero-order valence-corrected chi connectivity index (χ0v) is 15.9. The maximum atomic E-state index is 12.6. The van der Waals surface area contributed by atoms with Crippen molar-refractivity contribution < 1.29 is 23.9 Å². The summed E-state index contributed by atoms with van der Waals surface area (Å²) in [6.07, 6.45) is -1.02. The molecule has 0 aliphatic rings. The number of aromatic nitrogens is 1. The molecule has 7 nitrogen and oxygen atoms in total. The molecular weight excluding hydrogens is 348 g/mol. The number of Topliss-reactive ketones (excluding diaryl/α,β-unsaturated/α-hetero) is 2. The molecular formula is C20H22N2O5. The molecule has 1 amide bonds. The van der Waals surface area contributed by atoms with Gasteiger partial charge in [0.05, 0.1) is 11.3 Å². The Morgan fingerprint density at radius 2 is 1.63 bits per heavy atom. The predicted octanol–water partition coefficient (Wildman–Crippen LogP) is 3.22. The molecule has 0 spiro atoms. The molecule has 1 aromatic carbocycles. The van der Waals surface area contributed by atoms with E-state index in [1.54, 1.807) is 26.0 Å². The standard InChI is InChI=1S/C20H22N2O5/c1-10-17(12(3)23)11(2)21-18(10)19(25)13(4)27-20(26)15-6-8-16(9-7-15)22-14(5)24/h6-9,13,21H,1-5H3,(H,22,24)/t13-/m1/s1. The third kappa shape index (κ3) is 4.49. The monoisotopic (exact) mass is 370 g/mol. The van der Waals surface area contributed by atoms with E-state index in [4.69, 9.17) is 4.74 Å². The van der Waals surface area contributed by atoms with Gasteiger partial charge in [-0.15, -0.1) is 0 Å². The largest absolute Gasteiger partial charge is 0.451 e. The van der Waals surface area contributed by atoms with Crippen molar-refractivity contribution in [3.63, 3.8) is 0 Å². The minimum Gasteiger partial charge on any atom is -0.451 e. The van der Waals surface area contributed by atoms with Crippen molar-refractivity contribution in [1.82, 2.24) is 4.98 Å². The van der Waals surface area contributed by atoms with E-state index in [1.807, 2.05) is 0 Å². The maximum Gasteiger partial charge on any atom is 0.338 e. The van der Waals surface area contributed by atoms with E-state index in [2.05, 4.69) is 10.3 Å². The lowest BCUT2D eigenvalue weighted by molar-refractivity contribution is -0.114. The minimum atomic E-state index is -1.02. The summed E-state index contributed by atoms with van der Waals surface area (Å²) >= 11 is 0. The van der Waals surface area contributed by atoms with Gasteiger partial charge in [-0.25, -0.2) is 4.79 Å². The number of hydrogen-bond acceptors (Lipinski definition) is 5. The van der Waals surface area contributed by atoms with Gasteiger partial charge in [-0.3, -0.25) is 14.4 Å². The SMILES string of the molecule is CC(=O)Nc1ccc(C(=O)O[C@H](C)C(=O)c2[nH]c(C)c(C(C)=O)c2C)cc1. The number of aromatic amines is 1. The molecule has 1 aromatic heterocycles. The van der Waals surface area contributed by atoms with Crippen LogP contribution < -0.4 is 5.32 Å². The molecule has 7 heteroatoms. The summed E-state index contributed by atoms with van der Waals surface area (Å²) in [6, 6.07) is 6.15. The van der Waals surface area contributed by atoms with Crippen LogP contribution in [0.4, 0.5) is 5.69 Å². The van der Waals surface area contributed by atoms with Crippen molar-refractivity contribution in [1.29, 1.82) is 0 Å². The average molecular weight is 370 g/mol. The number of hydrogen-bond donors (Lipinski definition) is 2.